The Balaban J connectivity index is 1.46. The minimum Gasteiger partial charge on any atom is -0.434 e. The number of hydrogen-bond acceptors (Lipinski definition) is 5. The molecular formula is C24H25BrN2O5. The minimum absolute atomic E-state index is 0.00532. The fraction of sp³-hybridized carbons (Fsp3) is 0.292. The van der Waals surface area contributed by atoms with Crippen molar-refractivity contribution in [1.82, 2.24) is 10.2 Å². The van der Waals surface area contributed by atoms with Gasteiger partial charge in [-0.1, -0.05) is 34.1 Å². The van der Waals surface area contributed by atoms with E-state index in [2.05, 4.69) is 21.2 Å². The van der Waals surface area contributed by atoms with Crippen LogP contribution in [0.5, 0.6) is 5.75 Å². The Bertz CT molecular complexity index is 982. The SMILES string of the molecule is CCOC(=O)Oc1ccc(C(=O)NC2CCN(C(=O)/C=C/c3ccccc3Br)CC2)cc1. The number of carbonyl (C=O) groups is 3. The van der Waals surface area contributed by atoms with Crippen molar-refractivity contribution in [2.24, 2.45) is 0 Å². The molecule has 2 aromatic carbocycles. The average molecular weight is 501 g/mol. The molecule has 0 unspecified atom stereocenters. The molecular weight excluding hydrogens is 476 g/mol. The number of likely N-dealkylation sites (tertiary alicyclic amines) is 1. The van der Waals surface area contributed by atoms with Gasteiger partial charge in [0.15, 0.2) is 0 Å². The molecule has 1 aliphatic heterocycles. The second-order valence-electron chi connectivity index (χ2n) is 7.24. The molecule has 1 N–H and O–H groups in total. The predicted molar refractivity (Wildman–Crippen MR) is 124 cm³/mol. The Morgan fingerprint density at radius 3 is 2.44 bits per heavy atom. The monoisotopic (exact) mass is 500 g/mol. The summed E-state index contributed by atoms with van der Waals surface area (Å²) in [6.45, 7) is 3.08. The van der Waals surface area contributed by atoms with Crippen LogP contribution in [0, 0.1) is 0 Å². The molecule has 32 heavy (non-hydrogen) atoms. The van der Waals surface area contributed by atoms with Crippen LogP contribution in [0.1, 0.15) is 35.7 Å². The molecule has 1 aliphatic rings. The van der Waals surface area contributed by atoms with Gasteiger partial charge in [-0.05, 0) is 61.7 Å². The topological polar surface area (TPSA) is 84.9 Å². The Labute approximate surface area is 195 Å². The van der Waals surface area contributed by atoms with E-state index in [0.717, 1.165) is 10.0 Å². The lowest BCUT2D eigenvalue weighted by Crippen LogP contribution is -2.46. The summed E-state index contributed by atoms with van der Waals surface area (Å²) in [6.07, 6.45) is 3.97. The largest absolute Gasteiger partial charge is 0.513 e. The molecule has 0 atom stereocenters. The molecule has 0 radical (unpaired) electrons. The van der Waals surface area contributed by atoms with Crippen LogP contribution in [0.4, 0.5) is 4.79 Å². The quantitative estimate of drug-likeness (QED) is 0.360. The molecule has 168 valence electrons. The maximum atomic E-state index is 12.5. The summed E-state index contributed by atoms with van der Waals surface area (Å²) in [4.78, 5) is 38.1. The number of rotatable bonds is 6. The van der Waals surface area contributed by atoms with Crippen molar-refractivity contribution in [2.45, 2.75) is 25.8 Å². The lowest BCUT2D eigenvalue weighted by molar-refractivity contribution is -0.127. The Morgan fingerprint density at radius 2 is 1.78 bits per heavy atom. The smallest absolute Gasteiger partial charge is 0.434 e. The van der Waals surface area contributed by atoms with Gasteiger partial charge in [0.25, 0.3) is 5.91 Å². The molecule has 0 aliphatic carbocycles. The van der Waals surface area contributed by atoms with Crippen molar-refractivity contribution in [1.29, 1.82) is 0 Å². The third kappa shape index (κ3) is 6.68. The van der Waals surface area contributed by atoms with Gasteiger partial charge in [0.05, 0.1) is 6.61 Å². The highest BCUT2D eigenvalue weighted by atomic mass is 79.9. The van der Waals surface area contributed by atoms with Crippen LogP contribution >= 0.6 is 15.9 Å². The number of benzene rings is 2. The molecule has 0 spiro atoms. The van der Waals surface area contributed by atoms with Crippen molar-refractivity contribution >= 4 is 40.0 Å². The van der Waals surface area contributed by atoms with Crippen molar-refractivity contribution in [3.8, 4) is 5.75 Å². The summed E-state index contributed by atoms with van der Waals surface area (Å²) in [5.41, 5.74) is 1.41. The highest BCUT2D eigenvalue weighted by Gasteiger charge is 2.23. The summed E-state index contributed by atoms with van der Waals surface area (Å²) in [6, 6.07) is 14.0. The molecule has 0 bridgehead atoms. The summed E-state index contributed by atoms with van der Waals surface area (Å²) >= 11 is 3.47. The van der Waals surface area contributed by atoms with Gasteiger partial charge in [-0.3, -0.25) is 9.59 Å². The molecule has 2 aromatic rings. The van der Waals surface area contributed by atoms with Gasteiger partial charge in [-0.2, -0.15) is 0 Å². The fourth-order valence-electron chi connectivity index (χ4n) is 3.31. The molecule has 8 heteroatoms. The Kier molecular flexibility index (Phi) is 8.44. The first-order chi connectivity index (χ1) is 15.5. The zero-order valence-electron chi connectivity index (χ0n) is 17.8. The third-order valence-electron chi connectivity index (χ3n) is 5.03. The number of hydrogen-bond donors (Lipinski definition) is 1. The first-order valence-corrected chi connectivity index (χ1v) is 11.2. The first kappa shape index (κ1) is 23.5. The zero-order valence-corrected chi connectivity index (χ0v) is 19.3. The minimum atomic E-state index is -0.780. The lowest BCUT2D eigenvalue weighted by atomic mass is 10.0. The third-order valence-corrected chi connectivity index (χ3v) is 5.75. The lowest BCUT2D eigenvalue weighted by Gasteiger charge is -2.31. The van der Waals surface area contributed by atoms with Crippen LogP contribution in [-0.4, -0.2) is 48.6 Å². The second kappa shape index (κ2) is 11.5. The number of piperidine rings is 1. The van der Waals surface area contributed by atoms with Gasteiger partial charge in [-0.25, -0.2) is 4.79 Å². The summed E-state index contributed by atoms with van der Waals surface area (Å²) < 4.78 is 10.6. The summed E-state index contributed by atoms with van der Waals surface area (Å²) in [7, 11) is 0. The van der Waals surface area contributed by atoms with Gasteiger partial charge >= 0.3 is 6.16 Å². The van der Waals surface area contributed by atoms with E-state index in [1.165, 1.54) is 0 Å². The van der Waals surface area contributed by atoms with Crippen molar-refractivity contribution in [3.05, 3.63) is 70.2 Å². The van der Waals surface area contributed by atoms with E-state index in [4.69, 9.17) is 9.47 Å². The van der Waals surface area contributed by atoms with E-state index < -0.39 is 6.16 Å². The Morgan fingerprint density at radius 1 is 1.09 bits per heavy atom. The number of nitrogens with one attached hydrogen (secondary N) is 1. The molecule has 0 saturated carbocycles. The summed E-state index contributed by atoms with van der Waals surface area (Å²) in [5.74, 6) is 0.0661. The van der Waals surface area contributed by atoms with E-state index in [1.54, 1.807) is 48.2 Å². The molecule has 3 rings (SSSR count). The maximum Gasteiger partial charge on any atom is 0.513 e. The molecule has 1 fully saturated rings. The molecule has 7 nitrogen and oxygen atoms in total. The van der Waals surface area contributed by atoms with Crippen LogP contribution in [0.15, 0.2) is 59.1 Å². The van der Waals surface area contributed by atoms with Gasteiger partial charge in [-0.15, -0.1) is 0 Å². The summed E-state index contributed by atoms with van der Waals surface area (Å²) in [5, 5.41) is 3.01. The fourth-order valence-corrected chi connectivity index (χ4v) is 3.72. The highest BCUT2D eigenvalue weighted by Crippen LogP contribution is 2.18. The van der Waals surface area contributed by atoms with E-state index in [9.17, 15) is 14.4 Å². The van der Waals surface area contributed by atoms with E-state index in [0.29, 0.717) is 37.2 Å². The number of nitrogens with zero attached hydrogens (tertiary/aromatic N) is 1. The molecule has 1 heterocycles. The Hall–Kier alpha value is -3.13. The van der Waals surface area contributed by atoms with Gasteiger partial charge in [0, 0.05) is 35.2 Å². The number of halogens is 1. The number of ether oxygens (including phenoxy) is 2. The standard InChI is InChI=1S/C24H25BrN2O5/c1-2-31-24(30)32-20-10-7-18(8-11-20)23(29)26-19-13-15-27(16-14-19)22(28)12-9-17-5-3-4-6-21(17)25/h3-12,19H,2,13-16H2,1H3,(H,26,29)/b12-9+. The molecule has 2 amide bonds. The van der Waals surface area contributed by atoms with E-state index in [1.807, 2.05) is 24.3 Å². The average Bonchev–Trinajstić information content (AvgIpc) is 2.79. The van der Waals surface area contributed by atoms with E-state index in [-0.39, 0.29) is 24.5 Å². The normalized spacial score (nSPS) is 14.2. The van der Waals surface area contributed by atoms with Crippen molar-refractivity contribution in [2.75, 3.05) is 19.7 Å². The first-order valence-electron chi connectivity index (χ1n) is 10.4. The van der Waals surface area contributed by atoms with Crippen LogP contribution in [0.25, 0.3) is 6.08 Å². The van der Waals surface area contributed by atoms with Gasteiger partial charge < -0.3 is 19.7 Å². The number of carbonyl (C=O) groups excluding carboxylic acids is 3. The van der Waals surface area contributed by atoms with Crippen molar-refractivity contribution in [3.63, 3.8) is 0 Å². The zero-order chi connectivity index (χ0) is 22.9. The van der Waals surface area contributed by atoms with Crippen LogP contribution < -0.4 is 10.1 Å². The van der Waals surface area contributed by atoms with E-state index >= 15 is 0 Å². The van der Waals surface area contributed by atoms with Crippen LogP contribution in [-0.2, 0) is 9.53 Å². The number of amides is 2. The molecule has 1 saturated heterocycles. The predicted octanol–water partition coefficient (Wildman–Crippen LogP) is 4.42. The maximum absolute atomic E-state index is 12.5. The van der Waals surface area contributed by atoms with Crippen LogP contribution in [0.3, 0.4) is 0 Å². The van der Waals surface area contributed by atoms with Crippen LogP contribution in [0.2, 0.25) is 0 Å². The van der Waals surface area contributed by atoms with Gasteiger partial charge in [0.1, 0.15) is 5.75 Å². The van der Waals surface area contributed by atoms with Gasteiger partial charge in [0.2, 0.25) is 5.91 Å². The highest BCUT2D eigenvalue weighted by molar-refractivity contribution is 9.10. The van der Waals surface area contributed by atoms with Crippen molar-refractivity contribution < 1.29 is 23.9 Å². The second-order valence-corrected chi connectivity index (χ2v) is 8.09. The molecule has 0 aromatic heterocycles.